The largest absolute Gasteiger partial charge is 0.480 e. The van der Waals surface area contributed by atoms with E-state index in [-0.39, 0.29) is 12.3 Å². The number of hydrogen-bond acceptors (Lipinski definition) is 14. The molecule has 0 aliphatic rings. The normalized spacial score (nSPS) is 13.5. The lowest BCUT2D eigenvalue weighted by Crippen LogP contribution is -2.40. The van der Waals surface area contributed by atoms with Gasteiger partial charge in [0.2, 0.25) is 0 Å². The van der Waals surface area contributed by atoms with Gasteiger partial charge in [0.15, 0.2) is 0 Å². The van der Waals surface area contributed by atoms with Gasteiger partial charge in [-0.05, 0) is 43.4 Å². The number of ether oxygens (including phenoxy) is 1. The molecular formula is C32H53N9O10. The van der Waals surface area contributed by atoms with Gasteiger partial charge in [0.1, 0.15) is 30.2 Å². The number of para-hydroxylation sites is 1. The maximum Gasteiger partial charge on any atom is 0.330 e. The van der Waals surface area contributed by atoms with Gasteiger partial charge in [0.25, 0.3) is 0 Å². The Morgan fingerprint density at radius 1 is 0.784 bits per heavy atom. The summed E-state index contributed by atoms with van der Waals surface area (Å²) >= 11 is 0. The SMILES string of the molecule is CC(C)C[C@H](N)C(=O)OC(=O)[C@@H](N)CCCCN.N[C@@H](Cc1c[nH]cn1)C(=O)O.N[C@H](CO)C(=O)O.N[C@H](Cc1c[nH]c2ccccc12)C(=O)O. The number of nitrogens with zero attached hydrogens (tertiary/aromatic N) is 1. The van der Waals surface area contributed by atoms with E-state index in [2.05, 4.69) is 19.7 Å². The standard InChI is InChI=1S/C12H25N3O3.C11H12N2O2.C6H9N3O2.C3H7NO3/c1-8(2)7-10(15)12(17)18-11(16)9(14)5-3-4-6-13;12-9(11(14)15)5-7-6-13-10-4-2-1-3-8(7)10;7-5(6(10)11)1-4-2-8-3-9-4;4-2(1-5)3(6)7/h8-10H,3-7,13-15H2,1-2H3;1-4,6,9,13H,5,12H2,(H,14,15);2-3,5H,1,7H2,(H,8,9)(H,10,11);2,5H,1,4H2,(H,6,7)/t9-,10-;9-;5-;2-/m0101/s1. The number of carbonyl (C=O) groups is 5. The highest BCUT2D eigenvalue weighted by atomic mass is 16.6. The molecule has 0 spiro atoms. The lowest BCUT2D eigenvalue weighted by Gasteiger charge is -2.14. The van der Waals surface area contributed by atoms with Crippen molar-refractivity contribution < 1.29 is 49.1 Å². The van der Waals surface area contributed by atoms with E-state index < -0.39 is 66.7 Å². The zero-order valence-corrected chi connectivity index (χ0v) is 28.8. The van der Waals surface area contributed by atoms with Crippen molar-refractivity contribution >= 4 is 40.7 Å². The second-order valence-electron chi connectivity index (χ2n) is 11.7. The predicted octanol–water partition coefficient (Wildman–Crippen LogP) is -1.24. The number of esters is 2. The number of aliphatic carboxylic acids is 3. The molecule has 5 atom stereocenters. The molecule has 2 aromatic heterocycles. The molecule has 51 heavy (non-hydrogen) atoms. The van der Waals surface area contributed by atoms with Crippen LogP contribution in [0.2, 0.25) is 0 Å². The predicted molar refractivity (Wildman–Crippen MR) is 188 cm³/mol. The summed E-state index contributed by atoms with van der Waals surface area (Å²) in [4.78, 5) is 63.1. The summed E-state index contributed by atoms with van der Waals surface area (Å²) in [6, 6.07) is 3.37. The van der Waals surface area contributed by atoms with Crippen molar-refractivity contribution in [2.75, 3.05) is 13.2 Å². The van der Waals surface area contributed by atoms with E-state index in [0.29, 0.717) is 31.5 Å². The number of aliphatic hydroxyl groups is 1. The highest BCUT2D eigenvalue weighted by molar-refractivity contribution is 5.90. The Balaban J connectivity index is 0.000000685. The molecule has 2 heterocycles. The van der Waals surface area contributed by atoms with Crippen molar-refractivity contribution in [2.24, 2.45) is 40.3 Å². The van der Waals surface area contributed by atoms with E-state index in [0.717, 1.165) is 29.3 Å². The number of carbonyl (C=O) groups excluding carboxylic acids is 2. The van der Waals surface area contributed by atoms with Crippen LogP contribution >= 0.6 is 0 Å². The third kappa shape index (κ3) is 19.9. The van der Waals surface area contributed by atoms with Crippen LogP contribution in [-0.4, -0.2) is 109 Å². The minimum Gasteiger partial charge on any atom is -0.480 e. The second kappa shape index (κ2) is 25.2. The molecule has 0 saturated heterocycles. The number of aromatic nitrogens is 3. The van der Waals surface area contributed by atoms with E-state index in [1.54, 1.807) is 6.20 Å². The summed E-state index contributed by atoms with van der Waals surface area (Å²) in [6.07, 6.45) is 8.01. The zero-order valence-electron chi connectivity index (χ0n) is 28.8. The van der Waals surface area contributed by atoms with Crippen LogP contribution in [0, 0.1) is 5.92 Å². The Morgan fingerprint density at radius 2 is 1.35 bits per heavy atom. The highest BCUT2D eigenvalue weighted by Gasteiger charge is 2.23. The van der Waals surface area contributed by atoms with Crippen LogP contribution in [0.15, 0.2) is 43.0 Å². The number of nitrogens with one attached hydrogen (secondary N) is 2. The number of rotatable bonds is 16. The van der Waals surface area contributed by atoms with Gasteiger partial charge in [-0.1, -0.05) is 38.5 Å². The number of hydrogen-bond donors (Lipinski definition) is 12. The Morgan fingerprint density at radius 3 is 1.84 bits per heavy atom. The molecule has 286 valence electrons. The third-order valence-electron chi connectivity index (χ3n) is 6.75. The maximum atomic E-state index is 11.5. The number of carboxylic acids is 3. The van der Waals surface area contributed by atoms with Crippen LogP contribution in [0.5, 0.6) is 0 Å². The molecule has 0 unspecified atom stereocenters. The average Bonchev–Trinajstić information content (AvgIpc) is 3.75. The number of benzene rings is 1. The van der Waals surface area contributed by atoms with Crippen molar-refractivity contribution in [3.63, 3.8) is 0 Å². The fourth-order valence-electron chi connectivity index (χ4n) is 3.90. The molecule has 18 N–H and O–H groups in total. The van der Waals surface area contributed by atoms with Gasteiger partial charge < -0.3 is 69.5 Å². The quantitative estimate of drug-likeness (QED) is 0.0467. The first-order valence-electron chi connectivity index (χ1n) is 16.0. The highest BCUT2D eigenvalue weighted by Crippen LogP contribution is 2.18. The first kappa shape index (κ1) is 46.2. The third-order valence-corrected chi connectivity index (χ3v) is 6.75. The fraction of sp³-hybridized carbons (Fsp3) is 0.500. The number of imidazole rings is 1. The van der Waals surface area contributed by atoms with Crippen molar-refractivity contribution in [2.45, 2.75) is 82.6 Å². The summed E-state index contributed by atoms with van der Waals surface area (Å²) in [5.41, 5.74) is 34.7. The minimum atomic E-state index is -1.18. The van der Waals surface area contributed by atoms with Crippen LogP contribution in [-0.2, 0) is 41.6 Å². The van der Waals surface area contributed by atoms with Crippen molar-refractivity contribution in [3.05, 3.63) is 54.2 Å². The molecule has 3 aromatic rings. The summed E-state index contributed by atoms with van der Waals surface area (Å²) in [6.45, 7) is 3.93. The molecule has 0 amide bonds. The molecule has 0 aliphatic carbocycles. The van der Waals surface area contributed by atoms with Gasteiger partial charge in [0.05, 0.1) is 18.6 Å². The minimum absolute atomic E-state index is 0.263. The molecular weight excluding hydrogens is 670 g/mol. The van der Waals surface area contributed by atoms with Crippen LogP contribution in [0.1, 0.15) is 50.8 Å². The van der Waals surface area contributed by atoms with Crippen LogP contribution < -0.4 is 34.4 Å². The molecule has 19 heteroatoms. The smallest absolute Gasteiger partial charge is 0.330 e. The Bertz CT molecular complexity index is 1470. The fourth-order valence-corrected chi connectivity index (χ4v) is 3.90. The van der Waals surface area contributed by atoms with Crippen LogP contribution in [0.25, 0.3) is 10.9 Å². The molecule has 0 saturated carbocycles. The number of unbranched alkanes of at least 4 members (excludes halogenated alkanes) is 1. The molecule has 0 bridgehead atoms. The molecule has 3 rings (SSSR count). The molecule has 0 fully saturated rings. The van der Waals surface area contributed by atoms with E-state index in [9.17, 15) is 24.0 Å². The van der Waals surface area contributed by atoms with E-state index in [1.165, 1.54) is 6.33 Å². The van der Waals surface area contributed by atoms with E-state index >= 15 is 0 Å². The number of aliphatic hydroxyl groups excluding tert-OH is 1. The molecule has 0 radical (unpaired) electrons. The molecule has 19 nitrogen and oxygen atoms in total. The number of nitrogens with two attached hydrogens (primary N) is 6. The van der Waals surface area contributed by atoms with Gasteiger partial charge in [-0.25, -0.2) is 14.6 Å². The maximum absolute atomic E-state index is 11.5. The molecule has 0 aliphatic heterocycles. The summed E-state index contributed by atoms with van der Waals surface area (Å²) in [7, 11) is 0. The van der Waals surface area contributed by atoms with Gasteiger partial charge >= 0.3 is 29.8 Å². The number of carboxylic acid groups (broad SMARTS) is 3. The van der Waals surface area contributed by atoms with Crippen molar-refractivity contribution in [1.29, 1.82) is 0 Å². The second-order valence-corrected chi connectivity index (χ2v) is 11.7. The van der Waals surface area contributed by atoms with Crippen molar-refractivity contribution in [1.82, 2.24) is 15.0 Å². The first-order chi connectivity index (χ1) is 23.9. The monoisotopic (exact) mass is 723 g/mol. The number of fused-ring (bicyclic) bond motifs is 1. The van der Waals surface area contributed by atoms with Crippen LogP contribution in [0.4, 0.5) is 0 Å². The zero-order chi connectivity index (χ0) is 39.1. The average molecular weight is 724 g/mol. The molecule has 1 aromatic carbocycles. The lowest BCUT2D eigenvalue weighted by molar-refractivity contribution is -0.162. The topological polar surface area (TPSA) is 376 Å². The van der Waals surface area contributed by atoms with Gasteiger partial charge in [0, 0.05) is 36.1 Å². The summed E-state index contributed by atoms with van der Waals surface area (Å²) < 4.78 is 4.65. The van der Waals surface area contributed by atoms with Gasteiger partial charge in [-0.3, -0.25) is 14.4 Å². The Labute approximate surface area is 295 Å². The van der Waals surface area contributed by atoms with E-state index in [4.69, 9.17) is 54.8 Å². The van der Waals surface area contributed by atoms with Gasteiger partial charge in [-0.2, -0.15) is 0 Å². The summed E-state index contributed by atoms with van der Waals surface area (Å²) in [5.74, 6) is -4.31. The Hall–Kier alpha value is -4.76. The number of aromatic amines is 2. The number of H-pyrrole nitrogens is 2. The van der Waals surface area contributed by atoms with Crippen LogP contribution in [0.3, 0.4) is 0 Å². The van der Waals surface area contributed by atoms with Crippen molar-refractivity contribution in [3.8, 4) is 0 Å². The Kier molecular flexibility index (Phi) is 22.9. The van der Waals surface area contributed by atoms with E-state index in [1.807, 2.05) is 44.3 Å². The lowest BCUT2D eigenvalue weighted by atomic mass is 10.0. The first-order valence-corrected chi connectivity index (χ1v) is 16.0. The van der Waals surface area contributed by atoms with Gasteiger partial charge in [-0.15, -0.1) is 0 Å². The summed E-state index contributed by atoms with van der Waals surface area (Å²) in [5, 5.41) is 34.1.